The maximum atomic E-state index is 9.93. The summed E-state index contributed by atoms with van der Waals surface area (Å²) in [5.41, 5.74) is 0. The molecule has 0 heterocycles. The van der Waals surface area contributed by atoms with Gasteiger partial charge in [0.1, 0.15) is 0 Å². The number of aliphatic hydroxyl groups excluding tert-OH is 1. The van der Waals surface area contributed by atoms with Gasteiger partial charge in [0.2, 0.25) is 0 Å². The predicted octanol–water partition coefficient (Wildman–Crippen LogP) is 1.55. The minimum Gasteiger partial charge on any atom is -0.392 e. The van der Waals surface area contributed by atoms with E-state index in [1.165, 1.54) is 25.7 Å². The van der Waals surface area contributed by atoms with Crippen molar-refractivity contribution < 1.29 is 9.84 Å². The highest BCUT2D eigenvalue weighted by Crippen LogP contribution is 2.27. The Bertz CT molecular complexity index is 158. The van der Waals surface area contributed by atoms with E-state index in [1.54, 1.807) is 7.11 Å². The standard InChI is InChI=1S/C12H25NO2/c1-10(7-8-15-2)13-9-12(14)11-5-3-4-6-11/h10-14H,3-9H2,1-2H3. The van der Waals surface area contributed by atoms with Gasteiger partial charge in [-0.2, -0.15) is 0 Å². The first kappa shape index (κ1) is 12.9. The summed E-state index contributed by atoms with van der Waals surface area (Å²) in [6.07, 6.45) is 5.85. The van der Waals surface area contributed by atoms with Crippen molar-refractivity contribution in [1.29, 1.82) is 0 Å². The van der Waals surface area contributed by atoms with Crippen LogP contribution < -0.4 is 5.32 Å². The number of rotatable bonds is 7. The molecule has 0 aromatic carbocycles. The minimum absolute atomic E-state index is 0.155. The van der Waals surface area contributed by atoms with Gasteiger partial charge in [0.25, 0.3) is 0 Å². The molecule has 1 aliphatic carbocycles. The van der Waals surface area contributed by atoms with Crippen LogP contribution in [0.25, 0.3) is 0 Å². The van der Waals surface area contributed by atoms with Gasteiger partial charge in [0.05, 0.1) is 6.10 Å². The lowest BCUT2D eigenvalue weighted by Gasteiger charge is -2.21. The minimum atomic E-state index is -0.155. The van der Waals surface area contributed by atoms with Crippen LogP contribution in [0.2, 0.25) is 0 Å². The maximum Gasteiger partial charge on any atom is 0.0692 e. The second-order valence-corrected chi connectivity index (χ2v) is 4.70. The molecular weight excluding hydrogens is 190 g/mol. The molecular formula is C12H25NO2. The molecule has 0 spiro atoms. The first-order valence-electron chi connectivity index (χ1n) is 6.14. The molecule has 1 aliphatic rings. The monoisotopic (exact) mass is 215 g/mol. The van der Waals surface area contributed by atoms with Crippen LogP contribution in [0.15, 0.2) is 0 Å². The molecule has 2 atom stereocenters. The molecule has 2 N–H and O–H groups in total. The fraction of sp³-hybridized carbons (Fsp3) is 1.00. The van der Waals surface area contributed by atoms with Crippen molar-refractivity contribution in [3.63, 3.8) is 0 Å². The van der Waals surface area contributed by atoms with Gasteiger partial charge in [-0.05, 0) is 32.1 Å². The van der Waals surface area contributed by atoms with Crippen molar-refractivity contribution in [2.45, 2.75) is 51.2 Å². The van der Waals surface area contributed by atoms with Gasteiger partial charge in [0.15, 0.2) is 0 Å². The lowest BCUT2D eigenvalue weighted by molar-refractivity contribution is 0.104. The Balaban J connectivity index is 2.07. The molecule has 1 fully saturated rings. The summed E-state index contributed by atoms with van der Waals surface area (Å²) in [4.78, 5) is 0. The topological polar surface area (TPSA) is 41.5 Å². The van der Waals surface area contributed by atoms with Crippen LogP contribution >= 0.6 is 0 Å². The molecule has 1 rings (SSSR count). The second kappa shape index (κ2) is 7.20. The van der Waals surface area contributed by atoms with Crippen LogP contribution in [0.4, 0.5) is 0 Å². The van der Waals surface area contributed by atoms with E-state index >= 15 is 0 Å². The molecule has 90 valence electrons. The molecule has 0 aromatic heterocycles. The van der Waals surface area contributed by atoms with Crippen molar-refractivity contribution in [2.24, 2.45) is 5.92 Å². The highest BCUT2D eigenvalue weighted by Gasteiger charge is 2.22. The van der Waals surface area contributed by atoms with E-state index in [9.17, 15) is 5.11 Å². The number of ether oxygens (including phenoxy) is 1. The third-order valence-corrected chi connectivity index (χ3v) is 3.37. The average Bonchev–Trinajstić information content (AvgIpc) is 2.76. The molecule has 0 aliphatic heterocycles. The summed E-state index contributed by atoms with van der Waals surface area (Å²) in [7, 11) is 1.72. The van der Waals surface area contributed by atoms with Crippen LogP contribution in [0, 0.1) is 5.92 Å². The van der Waals surface area contributed by atoms with Crippen LogP contribution in [0.5, 0.6) is 0 Å². The summed E-state index contributed by atoms with van der Waals surface area (Å²) in [5, 5.41) is 13.3. The van der Waals surface area contributed by atoms with E-state index in [4.69, 9.17) is 4.74 Å². The predicted molar refractivity (Wildman–Crippen MR) is 61.9 cm³/mol. The number of nitrogens with one attached hydrogen (secondary N) is 1. The Hall–Kier alpha value is -0.120. The smallest absolute Gasteiger partial charge is 0.0692 e. The molecule has 0 amide bonds. The zero-order valence-corrected chi connectivity index (χ0v) is 10.0. The van der Waals surface area contributed by atoms with Crippen molar-refractivity contribution in [3.05, 3.63) is 0 Å². The van der Waals surface area contributed by atoms with E-state index in [0.717, 1.165) is 19.6 Å². The lowest BCUT2D eigenvalue weighted by atomic mass is 10.0. The van der Waals surface area contributed by atoms with Crippen molar-refractivity contribution in [1.82, 2.24) is 5.32 Å². The Morgan fingerprint density at radius 1 is 1.40 bits per heavy atom. The number of methoxy groups -OCH3 is 1. The van der Waals surface area contributed by atoms with E-state index < -0.39 is 0 Å². The van der Waals surface area contributed by atoms with Crippen molar-refractivity contribution in [3.8, 4) is 0 Å². The van der Waals surface area contributed by atoms with Crippen LogP contribution in [-0.2, 0) is 4.74 Å². The first-order chi connectivity index (χ1) is 7.24. The zero-order valence-electron chi connectivity index (χ0n) is 10.0. The van der Waals surface area contributed by atoms with E-state index in [1.807, 2.05) is 0 Å². The normalized spacial score (nSPS) is 21.8. The van der Waals surface area contributed by atoms with Crippen LogP contribution in [-0.4, -0.2) is 37.5 Å². The summed E-state index contributed by atoms with van der Waals surface area (Å²) in [5.74, 6) is 0.534. The molecule has 2 unspecified atom stereocenters. The van der Waals surface area contributed by atoms with Crippen LogP contribution in [0.3, 0.4) is 0 Å². The van der Waals surface area contributed by atoms with Gasteiger partial charge in [-0.3, -0.25) is 0 Å². The Labute approximate surface area is 93.2 Å². The molecule has 0 saturated heterocycles. The molecule has 0 bridgehead atoms. The van der Waals surface area contributed by atoms with Gasteiger partial charge in [-0.15, -0.1) is 0 Å². The fourth-order valence-electron chi connectivity index (χ4n) is 2.23. The number of hydrogen-bond donors (Lipinski definition) is 2. The maximum absolute atomic E-state index is 9.93. The fourth-order valence-corrected chi connectivity index (χ4v) is 2.23. The third kappa shape index (κ3) is 4.96. The van der Waals surface area contributed by atoms with Crippen molar-refractivity contribution in [2.75, 3.05) is 20.3 Å². The quantitative estimate of drug-likeness (QED) is 0.677. The molecule has 15 heavy (non-hydrogen) atoms. The first-order valence-corrected chi connectivity index (χ1v) is 6.14. The van der Waals surface area contributed by atoms with E-state index in [-0.39, 0.29) is 6.10 Å². The highest BCUT2D eigenvalue weighted by atomic mass is 16.5. The summed E-state index contributed by atoms with van der Waals surface area (Å²) >= 11 is 0. The lowest BCUT2D eigenvalue weighted by Crippen LogP contribution is -2.37. The SMILES string of the molecule is COCCC(C)NCC(O)C1CCCC1. The largest absolute Gasteiger partial charge is 0.392 e. The summed E-state index contributed by atoms with van der Waals surface area (Å²) in [6, 6.07) is 0.431. The summed E-state index contributed by atoms with van der Waals surface area (Å²) in [6.45, 7) is 3.66. The Morgan fingerprint density at radius 3 is 2.67 bits per heavy atom. The third-order valence-electron chi connectivity index (χ3n) is 3.37. The Morgan fingerprint density at radius 2 is 2.07 bits per heavy atom. The van der Waals surface area contributed by atoms with E-state index in [0.29, 0.717) is 12.0 Å². The van der Waals surface area contributed by atoms with E-state index in [2.05, 4.69) is 12.2 Å². The summed E-state index contributed by atoms with van der Waals surface area (Å²) < 4.78 is 5.02. The van der Waals surface area contributed by atoms with Gasteiger partial charge in [0, 0.05) is 26.3 Å². The average molecular weight is 215 g/mol. The second-order valence-electron chi connectivity index (χ2n) is 4.70. The molecule has 0 radical (unpaired) electrons. The number of hydrogen-bond acceptors (Lipinski definition) is 3. The van der Waals surface area contributed by atoms with Crippen LogP contribution in [0.1, 0.15) is 39.0 Å². The zero-order chi connectivity index (χ0) is 11.1. The molecule has 3 heteroatoms. The number of aliphatic hydroxyl groups is 1. The Kier molecular flexibility index (Phi) is 6.22. The van der Waals surface area contributed by atoms with Crippen molar-refractivity contribution >= 4 is 0 Å². The highest BCUT2D eigenvalue weighted by molar-refractivity contribution is 4.77. The van der Waals surface area contributed by atoms with Gasteiger partial charge >= 0.3 is 0 Å². The van der Waals surface area contributed by atoms with Gasteiger partial charge < -0.3 is 15.2 Å². The molecule has 3 nitrogen and oxygen atoms in total. The van der Waals surface area contributed by atoms with Gasteiger partial charge in [-0.1, -0.05) is 12.8 Å². The molecule has 0 aromatic rings. The molecule has 1 saturated carbocycles. The van der Waals surface area contributed by atoms with Gasteiger partial charge in [-0.25, -0.2) is 0 Å².